The zero-order valence-corrected chi connectivity index (χ0v) is 16.8. The van der Waals surface area contributed by atoms with Crippen LogP contribution in [0.4, 0.5) is 0 Å². The molecular formula is C22H25O6P. The van der Waals surface area contributed by atoms with Gasteiger partial charge in [0.05, 0.1) is 5.56 Å². The van der Waals surface area contributed by atoms with Gasteiger partial charge in [-0.1, -0.05) is 54.6 Å². The van der Waals surface area contributed by atoms with Crippen LogP contribution in [0.25, 0.3) is 0 Å². The minimum atomic E-state index is -0.879. The Morgan fingerprint density at radius 1 is 0.690 bits per heavy atom. The number of aromatic carboxylic acids is 1. The van der Waals surface area contributed by atoms with Gasteiger partial charge in [0.25, 0.3) is 9.03 Å². The van der Waals surface area contributed by atoms with Gasteiger partial charge in [0.15, 0.2) is 0 Å². The number of hydrogen-bond acceptors (Lipinski definition) is 5. The predicted octanol–water partition coefficient (Wildman–Crippen LogP) is 4.40. The Bertz CT molecular complexity index is 728. The van der Waals surface area contributed by atoms with E-state index in [9.17, 15) is 4.79 Å². The number of aliphatic hydroxyl groups is 2. The van der Waals surface area contributed by atoms with Crippen LogP contribution >= 0.6 is 9.03 Å². The van der Waals surface area contributed by atoms with E-state index >= 15 is 0 Å². The smallest absolute Gasteiger partial charge is 0.335 e. The Labute approximate surface area is 172 Å². The van der Waals surface area contributed by atoms with Crippen LogP contribution in [0, 0.1) is 0 Å². The van der Waals surface area contributed by atoms with Crippen LogP contribution in [-0.4, -0.2) is 34.5 Å². The van der Waals surface area contributed by atoms with Crippen molar-refractivity contribution in [3.63, 3.8) is 0 Å². The van der Waals surface area contributed by atoms with Crippen molar-refractivity contribution in [2.75, 3.05) is 13.2 Å². The molecule has 0 radical (unpaired) electrons. The lowest BCUT2D eigenvalue weighted by Gasteiger charge is -2.06. The van der Waals surface area contributed by atoms with Gasteiger partial charge in [-0.25, -0.2) is 4.79 Å². The molecule has 3 aromatic carbocycles. The molecule has 0 heterocycles. The highest BCUT2D eigenvalue weighted by Gasteiger charge is 1.96. The van der Waals surface area contributed by atoms with Crippen LogP contribution in [0.5, 0.6) is 11.5 Å². The lowest BCUT2D eigenvalue weighted by atomic mass is 10.2. The standard InChI is InChI=1S/C12H11O2P.C7H6O2.C3H8O2/c1-3-7-11(8-4-1)13-15-14-12-9-5-2-6-10-12;8-7(9)6-4-2-1-3-5-6;4-2-1-3-5/h1-10,15H;1-5H,(H,8,9);4-5H,1-3H2. The molecule has 29 heavy (non-hydrogen) atoms. The van der Waals surface area contributed by atoms with Gasteiger partial charge < -0.3 is 24.4 Å². The quantitative estimate of drug-likeness (QED) is 0.494. The Morgan fingerprint density at radius 3 is 1.34 bits per heavy atom. The number of carboxylic acid groups (broad SMARTS) is 1. The molecule has 0 aromatic heterocycles. The van der Waals surface area contributed by atoms with Crippen molar-refractivity contribution in [3.05, 3.63) is 96.6 Å². The molecule has 3 N–H and O–H groups in total. The van der Waals surface area contributed by atoms with Gasteiger partial charge >= 0.3 is 5.97 Å². The third-order valence-corrected chi connectivity index (χ3v) is 3.78. The number of aliphatic hydroxyl groups excluding tert-OH is 2. The molecule has 0 fully saturated rings. The van der Waals surface area contributed by atoms with E-state index in [1.165, 1.54) is 0 Å². The monoisotopic (exact) mass is 416 g/mol. The van der Waals surface area contributed by atoms with E-state index in [-0.39, 0.29) is 22.2 Å². The fourth-order valence-electron chi connectivity index (χ4n) is 1.75. The minimum absolute atomic E-state index is 0.0129. The van der Waals surface area contributed by atoms with E-state index < -0.39 is 5.97 Å². The molecular weight excluding hydrogens is 391 g/mol. The molecule has 0 aliphatic rings. The van der Waals surface area contributed by atoms with Crippen LogP contribution in [-0.2, 0) is 0 Å². The first-order valence-electron chi connectivity index (χ1n) is 8.86. The Hall–Kier alpha value is -2.92. The molecule has 0 unspecified atom stereocenters. The van der Waals surface area contributed by atoms with Gasteiger partial charge in [0.2, 0.25) is 0 Å². The van der Waals surface area contributed by atoms with Gasteiger partial charge in [-0.05, 0) is 42.8 Å². The Kier molecular flexibility index (Phi) is 13.4. The molecule has 0 saturated heterocycles. The SMILES string of the molecule is O=C(O)c1ccccc1.OCCCO.c1ccc(OPOc2ccccc2)cc1. The molecule has 3 aromatic rings. The Morgan fingerprint density at radius 2 is 1.07 bits per heavy atom. The summed E-state index contributed by atoms with van der Waals surface area (Å²) in [5, 5.41) is 24.2. The first-order valence-corrected chi connectivity index (χ1v) is 9.68. The summed E-state index contributed by atoms with van der Waals surface area (Å²) in [5.74, 6) is 0.772. The van der Waals surface area contributed by atoms with Gasteiger partial charge in [0.1, 0.15) is 11.5 Å². The van der Waals surface area contributed by atoms with Crippen molar-refractivity contribution in [1.82, 2.24) is 0 Å². The van der Waals surface area contributed by atoms with Gasteiger partial charge in [-0.15, -0.1) is 0 Å². The molecule has 0 aliphatic heterocycles. The first kappa shape index (κ1) is 24.1. The van der Waals surface area contributed by atoms with Crippen molar-refractivity contribution < 1.29 is 29.2 Å². The zero-order chi connectivity index (χ0) is 21.2. The molecule has 0 amide bonds. The normalized spacial score (nSPS) is 9.17. The number of benzene rings is 3. The molecule has 0 atom stereocenters. The van der Waals surface area contributed by atoms with Crippen LogP contribution in [0.3, 0.4) is 0 Å². The molecule has 3 rings (SSSR count). The average molecular weight is 416 g/mol. The van der Waals surface area contributed by atoms with Crippen LogP contribution < -0.4 is 9.05 Å². The van der Waals surface area contributed by atoms with Gasteiger partial charge in [-0.2, -0.15) is 0 Å². The summed E-state index contributed by atoms with van der Waals surface area (Å²) in [6.07, 6.45) is 0.500. The van der Waals surface area contributed by atoms with Gasteiger partial charge in [-0.3, -0.25) is 0 Å². The molecule has 0 bridgehead atoms. The molecule has 6 nitrogen and oxygen atoms in total. The number of hydrogen-bond donors (Lipinski definition) is 3. The fourth-order valence-corrected chi connectivity index (χ4v) is 2.25. The Balaban J connectivity index is 0.000000255. The summed E-state index contributed by atoms with van der Waals surface area (Å²) in [7, 11) is -0.0129. The summed E-state index contributed by atoms with van der Waals surface area (Å²) in [5.41, 5.74) is 0.331. The highest BCUT2D eigenvalue weighted by atomic mass is 31.1. The van der Waals surface area contributed by atoms with Crippen molar-refractivity contribution in [2.24, 2.45) is 0 Å². The molecule has 0 spiro atoms. The predicted molar refractivity (Wildman–Crippen MR) is 115 cm³/mol. The molecule has 7 heteroatoms. The van der Waals surface area contributed by atoms with Crippen molar-refractivity contribution in [2.45, 2.75) is 6.42 Å². The largest absolute Gasteiger partial charge is 0.478 e. The van der Waals surface area contributed by atoms with E-state index in [1.54, 1.807) is 30.3 Å². The van der Waals surface area contributed by atoms with Crippen molar-refractivity contribution in [1.29, 1.82) is 0 Å². The van der Waals surface area contributed by atoms with Crippen molar-refractivity contribution >= 4 is 15.0 Å². The first-order chi connectivity index (χ1) is 14.2. The van der Waals surface area contributed by atoms with E-state index in [0.29, 0.717) is 12.0 Å². The summed E-state index contributed by atoms with van der Waals surface area (Å²) in [4.78, 5) is 10.2. The molecule has 154 valence electrons. The topological polar surface area (TPSA) is 96.2 Å². The summed E-state index contributed by atoms with van der Waals surface area (Å²) in [6, 6.07) is 27.5. The third-order valence-electron chi connectivity index (χ3n) is 3.14. The van der Waals surface area contributed by atoms with Crippen molar-refractivity contribution in [3.8, 4) is 11.5 Å². The lowest BCUT2D eigenvalue weighted by Crippen LogP contribution is -1.93. The second-order valence-corrected chi connectivity index (χ2v) is 5.96. The van der Waals surface area contributed by atoms with E-state index in [1.807, 2.05) is 60.7 Å². The zero-order valence-electron chi connectivity index (χ0n) is 15.8. The summed E-state index contributed by atoms with van der Waals surface area (Å²) < 4.78 is 10.8. The second kappa shape index (κ2) is 16.1. The van der Waals surface area contributed by atoms with Crippen LogP contribution in [0.2, 0.25) is 0 Å². The van der Waals surface area contributed by atoms with Crippen LogP contribution in [0.15, 0.2) is 91.0 Å². The molecule has 0 aliphatic carbocycles. The van der Waals surface area contributed by atoms with E-state index in [4.69, 9.17) is 24.4 Å². The fraction of sp³-hybridized carbons (Fsp3) is 0.136. The third kappa shape index (κ3) is 12.2. The maximum absolute atomic E-state index is 10.2. The number of carbonyl (C=O) groups is 1. The van der Waals surface area contributed by atoms with Crippen LogP contribution in [0.1, 0.15) is 16.8 Å². The average Bonchev–Trinajstić information content (AvgIpc) is 2.77. The van der Waals surface area contributed by atoms with E-state index in [0.717, 1.165) is 11.5 Å². The minimum Gasteiger partial charge on any atom is -0.478 e. The number of rotatable bonds is 7. The van der Waals surface area contributed by atoms with Gasteiger partial charge in [0, 0.05) is 13.2 Å². The number of para-hydroxylation sites is 2. The maximum atomic E-state index is 10.2. The summed E-state index contributed by atoms with van der Waals surface area (Å²) >= 11 is 0. The van der Waals surface area contributed by atoms with E-state index in [2.05, 4.69) is 0 Å². The highest BCUT2D eigenvalue weighted by Crippen LogP contribution is 2.23. The number of carboxylic acids is 1. The molecule has 0 saturated carbocycles. The second-order valence-electron chi connectivity index (χ2n) is 5.39. The maximum Gasteiger partial charge on any atom is 0.335 e. The lowest BCUT2D eigenvalue weighted by molar-refractivity contribution is 0.0697. The highest BCUT2D eigenvalue weighted by molar-refractivity contribution is 7.27. The summed E-state index contributed by atoms with van der Waals surface area (Å²) in [6.45, 7) is 0.188.